The average Bonchev–Trinajstić information content (AvgIpc) is 3.28. The van der Waals surface area contributed by atoms with Gasteiger partial charge in [0.05, 0.1) is 24.0 Å². The van der Waals surface area contributed by atoms with Gasteiger partial charge in [0.15, 0.2) is 11.4 Å². The van der Waals surface area contributed by atoms with Crippen molar-refractivity contribution < 1.29 is 39.2 Å². The molecule has 0 bridgehead atoms. The zero-order valence-corrected chi connectivity index (χ0v) is 23.9. The monoisotopic (exact) mass is 532 g/mol. The van der Waals surface area contributed by atoms with Crippen LogP contribution in [-0.4, -0.2) is 62.6 Å². The maximum absolute atomic E-state index is 13.4. The Balaban J connectivity index is 1.94. The van der Waals surface area contributed by atoms with Gasteiger partial charge in [-0.1, -0.05) is 60.6 Å². The number of fused-ring (bicyclic) bond motifs is 5. The van der Waals surface area contributed by atoms with Gasteiger partial charge in [0, 0.05) is 35.5 Å². The molecule has 0 spiro atoms. The van der Waals surface area contributed by atoms with Crippen molar-refractivity contribution in [3.05, 3.63) is 23.3 Å². The average molecular weight is 533 g/mol. The van der Waals surface area contributed by atoms with Crippen LogP contribution in [0.2, 0.25) is 0 Å². The van der Waals surface area contributed by atoms with E-state index in [2.05, 4.69) is 0 Å². The number of rotatable bonds is 7. The molecule has 4 rings (SSSR count). The lowest BCUT2D eigenvalue weighted by Crippen LogP contribution is -2.66. The van der Waals surface area contributed by atoms with E-state index in [-0.39, 0.29) is 24.9 Å². The molecule has 0 saturated heterocycles. The first kappa shape index (κ1) is 29.0. The number of esters is 2. The predicted molar refractivity (Wildman–Crippen MR) is 139 cm³/mol. The summed E-state index contributed by atoms with van der Waals surface area (Å²) in [7, 11) is 0. The second kappa shape index (κ2) is 9.27. The maximum atomic E-state index is 13.4. The van der Waals surface area contributed by atoms with Gasteiger partial charge in [-0.25, -0.2) is 0 Å². The van der Waals surface area contributed by atoms with Crippen molar-refractivity contribution >= 4 is 17.7 Å². The Kier molecular flexibility index (Phi) is 7.07. The number of carbonyl (C=O) groups excluding carboxylic acids is 3. The largest absolute Gasteiger partial charge is 0.457 e. The lowest BCUT2D eigenvalue weighted by molar-refractivity contribution is -0.231. The molecule has 8 atom stereocenters. The third kappa shape index (κ3) is 3.62. The summed E-state index contributed by atoms with van der Waals surface area (Å²) in [4.78, 5) is 39.7. The highest BCUT2D eigenvalue weighted by Crippen LogP contribution is 2.77. The molecule has 4 aliphatic rings. The van der Waals surface area contributed by atoms with Crippen molar-refractivity contribution in [2.24, 2.45) is 40.9 Å². The molecule has 38 heavy (non-hydrogen) atoms. The second-order valence-corrected chi connectivity index (χ2v) is 12.9. The summed E-state index contributed by atoms with van der Waals surface area (Å²) in [5.41, 5.74) is -4.78. The standard InChI is InChI=1S/C30H44O8/c1-9-19(10-2)26(34)38-30-22(27(30,7)8)20-12-18(14-31)13-28(35)21(11-16(5)23(28)32)29(20,36)17(6)24(30)37-25(33)15(3)4/h11-12,15,17,19-22,24,31,35-36H,9-10,13-14H2,1-8H3. The van der Waals surface area contributed by atoms with Crippen LogP contribution < -0.4 is 0 Å². The van der Waals surface area contributed by atoms with Crippen LogP contribution in [-0.2, 0) is 23.9 Å². The molecular formula is C30H44O8. The van der Waals surface area contributed by atoms with Gasteiger partial charge in [-0.15, -0.1) is 0 Å². The molecule has 8 unspecified atom stereocenters. The first-order valence-electron chi connectivity index (χ1n) is 14.0. The van der Waals surface area contributed by atoms with Gasteiger partial charge < -0.3 is 24.8 Å². The molecule has 8 nitrogen and oxygen atoms in total. The molecular weight excluding hydrogens is 488 g/mol. The predicted octanol–water partition coefficient (Wildman–Crippen LogP) is 3.12. The summed E-state index contributed by atoms with van der Waals surface area (Å²) < 4.78 is 12.5. The lowest BCUT2D eigenvalue weighted by atomic mass is 9.59. The maximum Gasteiger partial charge on any atom is 0.309 e. The van der Waals surface area contributed by atoms with Gasteiger partial charge in [0.1, 0.15) is 11.7 Å². The molecule has 0 heterocycles. The van der Waals surface area contributed by atoms with E-state index in [1.165, 1.54) is 0 Å². The third-order valence-electron chi connectivity index (χ3n) is 10.3. The van der Waals surface area contributed by atoms with Gasteiger partial charge in [-0.3, -0.25) is 14.4 Å². The van der Waals surface area contributed by atoms with E-state index < -0.39 is 69.7 Å². The minimum Gasteiger partial charge on any atom is -0.457 e. The zero-order valence-electron chi connectivity index (χ0n) is 23.9. The molecule has 2 fully saturated rings. The number of ether oxygens (including phenoxy) is 2. The minimum atomic E-state index is -1.94. The first-order valence-corrected chi connectivity index (χ1v) is 14.0. The summed E-state index contributed by atoms with van der Waals surface area (Å²) >= 11 is 0. The van der Waals surface area contributed by atoms with Crippen molar-refractivity contribution in [2.45, 2.75) is 97.6 Å². The highest BCUT2D eigenvalue weighted by molar-refractivity contribution is 6.04. The number of hydrogen-bond donors (Lipinski definition) is 3. The summed E-state index contributed by atoms with van der Waals surface area (Å²) in [6, 6.07) is 0. The van der Waals surface area contributed by atoms with Crippen molar-refractivity contribution in [3.63, 3.8) is 0 Å². The van der Waals surface area contributed by atoms with Crippen LogP contribution in [0.15, 0.2) is 23.3 Å². The number of aliphatic hydroxyl groups excluding tert-OH is 1. The number of carbonyl (C=O) groups is 3. The van der Waals surface area contributed by atoms with E-state index in [0.717, 1.165) is 0 Å². The number of aliphatic hydroxyl groups is 3. The van der Waals surface area contributed by atoms with E-state index in [0.29, 0.717) is 24.0 Å². The highest BCUT2D eigenvalue weighted by atomic mass is 16.6. The number of ketones is 1. The number of hydrogen-bond acceptors (Lipinski definition) is 8. The van der Waals surface area contributed by atoms with Gasteiger partial charge in [0.25, 0.3) is 0 Å². The van der Waals surface area contributed by atoms with Crippen LogP contribution in [0.5, 0.6) is 0 Å². The minimum absolute atomic E-state index is 0.115. The third-order valence-corrected chi connectivity index (χ3v) is 10.3. The van der Waals surface area contributed by atoms with Crippen LogP contribution in [0.1, 0.15) is 74.7 Å². The SMILES string of the molecule is CCC(CC)C(=O)OC12C(OC(=O)C(C)C)C(C)C3(O)C(C=C(CO)CC4(O)C(=O)C(C)=CC43)C1C2(C)C. The summed E-state index contributed by atoms with van der Waals surface area (Å²) in [6.45, 7) is 14.1. The fraction of sp³-hybridized carbons (Fsp3) is 0.767. The summed E-state index contributed by atoms with van der Waals surface area (Å²) in [5.74, 6) is -5.06. The molecule has 0 aromatic heterocycles. The molecule has 3 N–H and O–H groups in total. The summed E-state index contributed by atoms with van der Waals surface area (Å²) in [5, 5.41) is 34.7. The normalized spacial score (nSPS) is 41.0. The molecule has 0 aliphatic heterocycles. The molecule has 4 aliphatic carbocycles. The quantitative estimate of drug-likeness (QED) is 0.337. The van der Waals surface area contributed by atoms with Crippen LogP contribution in [0.25, 0.3) is 0 Å². The Morgan fingerprint density at radius 2 is 1.71 bits per heavy atom. The van der Waals surface area contributed by atoms with E-state index in [4.69, 9.17) is 9.47 Å². The molecule has 0 radical (unpaired) electrons. The Bertz CT molecular complexity index is 1080. The Morgan fingerprint density at radius 1 is 1.11 bits per heavy atom. The fourth-order valence-electron chi connectivity index (χ4n) is 7.96. The van der Waals surface area contributed by atoms with Crippen molar-refractivity contribution in [1.82, 2.24) is 0 Å². The summed E-state index contributed by atoms with van der Waals surface area (Å²) in [6.07, 6.45) is 3.48. The van der Waals surface area contributed by atoms with Crippen LogP contribution in [0.3, 0.4) is 0 Å². The first-order chi connectivity index (χ1) is 17.6. The zero-order chi connectivity index (χ0) is 28.6. The Labute approximate surface area is 225 Å². The molecule has 0 aromatic rings. The smallest absolute Gasteiger partial charge is 0.309 e. The van der Waals surface area contributed by atoms with Gasteiger partial charge in [-0.2, -0.15) is 0 Å². The van der Waals surface area contributed by atoms with Crippen LogP contribution >= 0.6 is 0 Å². The highest BCUT2D eigenvalue weighted by Gasteiger charge is 2.88. The molecule has 8 heteroatoms. The van der Waals surface area contributed by atoms with Crippen LogP contribution in [0.4, 0.5) is 0 Å². The number of Topliss-reactive ketones (excluding diaryl/α,β-unsaturated/α-hetero) is 1. The van der Waals surface area contributed by atoms with Crippen LogP contribution in [0, 0.1) is 40.9 Å². The van der Waals surface area contributed by atoms with E-state index in [1.54, 1.807) is 39.8 Å². The topological polar surface area (TPSA) is 130 Å². The van der Waals surface area contributed by atoms with Crippen molar-refractivity contribution in [1.29, 1.82) is 0 Å². The Morgan fingerprint density at radius 3 is 2.24 bits per heavy atom. The second-order valence-electron chi connectivity index (χ2n) is 12.9. The van der Waals surface area contributed by atoms with Crippen molar-refractivity contribution in [2.75, 3.05) is 6.61 Å². The lowest BCUT2D eigenvalue weighted by Gasteiger charge is -2.53. The molecule has 0 aromatic carbocycles. The Hall–Kier alpha value is -2.03. The van der Waals surface area contributed by atoms with Crippen molar-refractivity contribution in [3.8, 4) is 0 Å². The van der Waals surface area contributed by atoms with Gasteiger partial charge in [-0.05, 0) is 30.9 Å². The van der Waals surface area contributed by atoms with E-state index in [9.17, 15) is 29.7 Å². The molecule has 212 valence electrons. The van der Waals surface area contributed by atoms with E-state index in [1.807, 2.05) is 27.7 Å². The fourth-order valence-corrected chi connectivity index (χ4v) is 7.96. The van der Waals surface area contributed by atoms with Gasteiger partial charge >= 0.3 is 11.9 Å². The van der Waals surface area contributed by atoms with E-state index >= 15 is 0 Å². The van der Waals surface area contributed by atoms with Gasteiger partial charge in [0.2, 0.25) is 0 Å². The molecule has 2 saturated carbocycles. The molecule has 0 amide bonds.